The van der Waals surface area contributed by atoms with E-state index in [4.69, 9.17) is 10.5 Å². The first-order valence-electron chi connectivity index (χ1n) is 4.22. The molecule has 0 aliphatic rings. The first-order valence-corrected chi connectivity index (χ1v) is 4.22. The van der Waals surface area contributed by atoms with Gasteiger partial charge in [-0.05, 0) is 26.7 Å². The Morgan fingerprint density at radius 2 is 1.73 bits per heavy atom. The van der Waals surface area contributed by atoms with Gasteiger partial charge in [0.1, 0.15) is 0 Å². The SMILES string of the molecule is CC(C)[C@@H](N)COC(C)(C)C. The fourth-order valence-electron chi connectivity index (χ4n) is 0.539. The van der Waals surface area contributed by atoms with Gasteiger partial charge >= 0.3 is 0 Å². The van der Waals surface area contributed by atoms with Crippen LogP contribution in [0.15, 0.2) is 0 Å². The maximum atomic E-state index is 5.80. The summed E-state index contributed by atoms with van der Waals surface area (Å²) in [5.41, 5.74) is 5.74. The molecule has 0 fully saturated rings. The van der Waals surface area contributed by atoms with E-state index in [0.717, 1.165) is 0 Å². The number of ether oxygens (including phenoxy) is 1. The van der Waals surface area contributed by atoms with Crippen molar-refractivity contribution in [2.24, 2.45) is 11.7 Å². The highest BCUT2D eigenvalue weighted by Crippen LogP contribution is 2.08. The van der Waals surface area contributed by atoms with E-state index in [9.17, 15) is 0 Å². The molecule has 1 atom stereocenters. The molecule has 0 bridgehead atoms. The number of nitrogens with two attached hydrogens (primary N) is 1. The summed E-state index contributed by atoms with van der Waals surface area (Å²) in [6, 6.07) is 0.161. The summed E-state index contributed by atoms with van der Waals surface area (Å²) in [6.45, 7) is 11.0. The predicted octanol–water partition coefficient (Wildman–Crippen LogP) is 1.78. The van der Waals surface area contributed by atoms with Gasteiger partial charge in [-0.25, -0.2) is 0 Å². The zero-order valence-corrected chi connectivity index (χ0v) is 8.35. The van der Waals surface area contributed by atoms with Gasteiger partial charge in [0, 0.05) is 6.04 Å². The van der Waals surface area contributed by atoms with Crippen LogP contribution in [0.1, 0.15) is 34.6 Å². The van der Waals surface area contributed by atoms with Crippen molar-refractivity contribution in [2.45, 2.75) is 46.3 Å². The lowest BCUT2D eigenvalue weighted by atomic mass is 10.1. The maximum absolute atomic E-state index is 5.80. The second-order valence-corrected chi connectivity index (χ2v) is 4.33. The molecule has 0 aliphatic carbocycles. The van der Waals surface area contributed by atoms with E-state index in [1.807, 2.05) is 20.8 Å². The summed E-state index contributed by atoms with van der Waals surface area (Å²) in [7, 11) is 0. The Balaban J connectivity index is 3.54. The normalized spacial score (nSPS) is 15.5. The van der Waals surface area contributed by atoms with E-state index in [-0.39, 0.29) is 11.6 Å². The third-order valence-corrected chi connectivity index (χ3v) is 1.57. The van der Waals surface area contributed by atoms with Crippen LogP contribution in [0.3, 0.4) is 0 Å². The third kappa shape index (κ3) is 6.32. The molecule has 0 aromatic carbocycles. The molecule has 2 heteroatoms. The molecule has 0 rings (SSSR count). The van der Waals surface area contributed by atoms with Crippen LogP contribution in [-0.2, 0) is 4.74 Å². The monoisotopic (exact) mass is 159 g/mol. The highest BCUT2D eigenvalue weighted by Gasteiger charge is 2.14. The van der Waals surface area contributed by atoms with Gasteiger partial charge in [0.25, 0.3) is 0 Å². The summed E-state index contributed by atoms with van der Waals surface area (Å²) in [6.07, 6.45) is 0. The van der Waals surface area contributed by atoms with Gasteiger partial charge < -0.3 is 10.5 Å². The van der Waals surface area contributed by atoms with Gasteiger partial charge in [0.05, 0.1) is 12.2 Å². The van der Waals surface area contributed by atoms with Crippen LogP contribution in [0.5, 0.6) is 0 Å². The largest absolute Gasteiger partial charge is 0.374 e. The standard InChI is InChI=1S/C9H21NO/c1-7(2)8(10)6-11-9(3,4)5/h7-8H,6,10H2,1-5H3/t8-/m0/s1. The highest BCUT2D eigenvalue weighted by atomic mass is 16.5. The molecule has 2 N–H and O–H groups in total. The van der Waals surface area contributed by atoms with E-state index < -0.39 is 0 Å². The average Bonchev–Trinajstić information content (AvgIpc) is 1.80. The minimum Gasteiger partial charge on any atom is -0.374 e. The van der Waals surface area contributed by atoms with Crippen LogP contribution in [0.2, 0.25) is 0 Å². The molecular formula is C9H21NO. The van der Waals surface area contributed by atoms with E-state index in [1.165, 1.54) is 0 Å². The quantitative estimate of drug-likeness (QED) is 0.681. The van der Waals surface area contributed by atoms with Crippen molar-refractivity contribution >= 4 is 0 Å². The molecule has 0 amide bonds. The summed E-state index contributed by atoms with van der Waals surface area (Å²) in [4.78, 5) is 0. The average molecular weight is 159 g/mol. The predicted molar refractivity (Wildman–Crippen MR) is 48.5 cm³/mol. The van der Waals surface area contributed by atoms with Crippen molar-refractivity contribution in [3.8, 4) is 0 Å². The van der Waals surface area contributed by atoms with Crippen molar-refractivity contribution in [1.29, 1.82) is 0 Å². The van der Waals surface area contributed by atoms with E-state index in [0.29, 0.717) is 12.5 Å². The topological polar surface area (TPSA) is 35.2 Å². The van der Waals surface area contributed by atoms with E-state index in [2.05, 4.69) is 13.8 Å². The van der Waals surface area contributed by atoms with Crippen molar-refractivity contribution in [3.05, 3.63) is 0 Å². The minimum atomic E-state index is -0.0630. The Bertz CT molecular complexity index is 105. The van der Waals surface area contributed by atoms with Crippen LogP contribution in [0.4, 0.5) is 0 Å². The molecular weight excluding hydrogens is 138 g/mol. The van der Waals surface area contributed by atoms with Gasteiger partial charge in [-0.15, -0.1) is 0 Å². The highest BCUT2D eigenvalue weighted by molar-refractivity contribution is 4.67. The van der Waals surface area contributed by atoms with Crippen molar-refractivity contribution in [2.75, 3.05) is 6.61 Å². The van der Waals surface area contributed by atoms with Gasteiger partial charge in [-0.3, -0.25) is 0 Å². The lowest BCUT2D eigenvalue weighted by Gasteiger charge is -2.24. The lowest BCUT2D eigenvalue weighted by Crippen LogP contribution is -2.35. The summed E-state index contributed by atoms with van der Waals surface area (Å²) in [5, 5.41) is 0. The molecule has 0 saturated heterocycles. The number of rotatable bonds is 3. The molecule has 0 aromatic rings. The zero-order valence-electron chi connectivity index (χ0n) is 8.35. The molecule has 0 aliphatic heterocycles. The van der Waals surface area contributed by atoms with Crippen LogP contribution in [0, 0.1) is 5.92 Å². The Morgan fingerprint density at radius 1 is 1.27 bits per heavy atom. The van der Waals surface area contributed by atoms with Crippen LogP contribution < -0.4 is 5.73 Å². The van der Waals surface area contributed by atoms with Crippen molar-refractivity contribution < 1.29 is 4.74 Å². The van der Waals surface area contributed by atoms with Gasteiger partial charge in [-0.1, -0.05) is 13.8 Å². The first-order chi connectivity index (χ1) is 4.83. The molecule has 0 heterocycles. The second-order valence-electron chi connectivity index (χ2n) is 4.33. The Morgan fingerprint density at radius 3 is 2.00 bits per heavy atom. The molecule has 11 heavy (non-hydrogen) atoms. The lowest BCUT2D eigenvalue weighted by molar-refractivity contribution is -0.0148. The fraction of sp³-hybridized carbons (Fsp3) is 1.00. The maximum Gasteiger partial charge on any atom is 0.0627 e. The Kier molecular flexibility index (Phi) is 4.04. The fourth-order valence-corrected chi connectivity index (χ4v) is 0.539. The van der Waals surface area contributed by atoms with Gasteiger partial charge in [0.2, 0.25) is 0 Å². The smallest absolute Gasteiger partial charge is 0.0627 e. The zero-order chi connectivity index (χ0) is 9.07. The first kappa shape index (κ1) is 10.9. The van der Waals surface area contributed by atoms with Crippen molar-refractivity contribution in [3.63, 3.8) is 0 Å². The third-order valence-electron chi connectivity index (χ3n) is 1.57. The van der Waals surface area contributed by atoms with Gasteiger partial charge in [0.15, 0.2) is 0 Å². The Labute approximate surface area is 70.1 Å². The molecule has 0 aromatic heterocycles. The number of hydrogen-bond acceptors (Lipinski definition) is 2. The van der Waals surface area contributed by atoms with Gasteiger partial charge in [-0.2, -0.15) is 0 Å². The Hall–Kier alpha value is -0.0800. The minimum absolute atomic E-state index is 0.0630. The molecule has 2 nitrogen and oxygen atoms in total. The molecule has 0 spiro atoms. The molecule has 0 saturated carbocycles. The van der Waals surface area contributed by atoms with Crippen LogP contribution in [-0.4, -0.2) is 18.2 Å². The summed E-state index contributed by atoms with van der Waals surface area (Å²) < 4.78 is 5.53. The second kappa shape index (κ2) is 4.07. The summed E-state index contributed by atoms with van der Waals surface area (Å²) in [5.74, 6) is 0.498. The van der Waals surface area contributed by atoms with E-state index in [1.54, 1.807) is 0 Å². The van der Waals surface area contributed by atoms with E-state index >= 15 is 0 Å². The van der Waals surface area contributed by atoms with Crippen LogP contribution in [0.25, 0.3) is 0 Å². The summed E-state index contributed by atoms with van der Waals surface area (Å²) >= 11 is 0. The molecule has 0 unspecified atom stereocenters. The number of hydrogen-bond donors (Lipinski definition) is 1. The molecule has 68 valence electrons. The van der Waals surface area contributed by atoms with Crippen LogP contribution >= 0.6 is 0 Å². The van der Waals surface area contributed by atoms with Crippen molar-refractivity contribution in [1.82, 2.24) is 0 Å². The molecule has 0 radical (unpaired) electrons.